The van der Waals surface area contributed by atoms with Crippen LogP contribution in [0.25, 0.3) is 11.2 Å². The molecule has 0 spiro atoms. The van der Waals surface area contributed by atoms with E-state index in [-0.39, 0.29) is 11.9 Å². The zero-order valence-corrected chi connectivity index (χ0v) is 9.66. The summed E-state index contributed by atoms with van der Waals surface area (Å²) in [5.74, 6) is 0.331. The standard InChI is InChI=1S/C8H9ClN4O2S/c9-8-12-6-5(10-3-11-6)7(13-8)16-2-4(15)1-14/h3-4,14-15H,1-2H2,(H,10,11,12,13). The minimum atomic E-state index is -0.781. The Balaban J connectivity index is 2.25. The maximum atomic E-state index is 9.24. The molecule has 0 aliphatic heterocycles. The molecule has 0 aliphatic rings. The Kier molecular flexibility index (Phi) is 3.59. The molecule has 0 bridgehead atoms. The highest BCUT2D eigenvalue weighted by molar-refractivity contribution is 7.99. The molecule has 0 saturated carbocycles. The fourth-order valence-electron chi connectivity index (χ4n) is 1.11. The normalized spacial score (nSPS) is 13.2. The zero-order valence-electron chi connectivity index (χ0n) is 8.09. The van der Waals surface area contributed by atoms with E-state index in [0.717, 1.165) is 0 Å². The van der Waals surface area contributed by atoms with Gasteiger partial charge in [0.15, 0.2) is 5.65 Å². The van der Waals surface area contributed by atoms with Crippen LogP contribution in [0, 0.1) is 0 Å². The molecule has 86 valence electrons. The third kappa shape index (κ3) is 2.43. The quantitative estimate of drug-likeness (QED) is 0.420. The molecule has 3 N–H and O–H groups in total. The first-order chi connectivity index (χ1) is 7.70. The van der Waals surface area contributed by atoms with Crippen LogP contribution < -0.4 is 0 Å². The number of aliphatic hydroxyl groups is 2. The summed E-state index contributed by atoms with van der Waals surface area (Å²) in [6, 6.07) is 0. The van der Waals surface area contributed by atoms with E-state index in [1.165, 1.54) is 18.1 Å². The fourth-order valence-corrected chi connectivity index (χ4v) is 2.23. The number of nitrogens with zero attached hydrogens (tertiary/aromatic N) is 3. The van der Waals surface area contributed by atoms with Gasteiger partial charge in [0.1, 0.15) is 10.5 Å². The van der Waals surface area contributed by atoms with E-state index in [2.05, 4.69) is 19.9 Å². The first-order valence-corrected chi connectivity index (χ1v) is 5.85. The molecule has 6 nitrogen and oxygen atoms in total. The highest BCUT2D eigenvalue weighted by Gasteiger charge is 2.11. The number of imidazole rings is 1. The van der Waals surface area contributed by atoms with Crippen molar-refractivity contribution in [3.63, 3.8) is 0 Å². The lowest BCUT2D eigenvalue weighted by Gasteiger charge is -2.06. The first-order valence-electron chi connectivity index (χ1n) is 4.49. The molecule has 2 aromatic rings. The third-order valence-electron chi connectivity index (χ3n) is 1.85. The number of fused-ring (bicyclic) bond motifs is 1. The van der Waals surface area contributed by atoms with Crippen molar-refractivity contribution >= 4 is 34.5 Å². The minimum absolute atomic E-state index is 0.112. The van der Waals surface area contributed by atoms with Crippen LogP contribution >= 0.6 is 23.4 Å². The summed E-state index contributed by atoms with van der Waals surface area (Å²) in [6.07, 6.45) is 0.721. The van der Waals surface area contributed by atoms with E-state index in [1.807, 2.05) is 0 Å². The van der Waals surface area contributed by atoms with E-state index >= 15 is 0 Å². The number of hydrogen-bond donors (Lipinski definition) is 3. The average molecular weight is 261 g/mol. The number of halogens is 1. The molecule has 8 heteroatoms. The van der Waals surface area contributed by atoms with Crippen molar-refractivity contribution < 1.29 is 10.2 Å². The second-order valence-corrected chi connectivity index (χ2v) is 4.39. The number of aliphatic hydroxyl groups excluding tert-OH is 2. The maximum Gasteiger partial charge on any atom is 0.225 e. The van der Waals surface area contributed by atoms with Crippen molar-refractivity contribution in [2.75, 3.05) is 12.4 Å². The summed E-state index contributed by atoms with van der Waals surface area (Å²) in [6.45, 7) is -0.280. The van der Waals surface area contributed by atoms with Crippen LogP contribution in [0.5, 0.6) is 0 Å². The lowest BCUT2D eigenvalue weighted by Crippen LogP contribution is -2.14. The molecule has 0 amide bonds. The molecule has 16 heavy (non-hydrogen) atoms. The SMILES string of the molecule is OCC(O)CSc1nc(Cl)nc2nc[nH]c12. The summed E-state index contributed by atoms with van der Waals surface area (Å²) >= 11 is 7.01. The molecular weight excluding hydrogens is 252 g/mol. The van der Waals surface area contributed by atoms with Crippen LogP contribution in [-0.2, 0) is 0 Å². The molecule has 0 saturated heterocycles. The molecule has 0 aromatic carbocycles. The number of aromatic amines is 1. The topological polar surface area (TPSA) is 94.9 Å². The van der Waals surface area contributed by atoms with Crippen LogP contribution in [-0.4, -0.2) is 48.6 Å². The summed E-state index contributed by atoms with van der Waals surface area (Å²) in [5, 5.41) is 18.7. The Morgan fingerprint density at radius 2 is 2.31 bits per heavy atom. The van der Waals surface area contributed by atoms with Gasteiger partial charge >= 0.3 is 0 Å². The number of rotatable bonds is 4. The van der Waals surface area contributed by atoms with Crippen molar-refractivity contribution in [1.29, 1.82) is 0 Å². The molecule has 0 aliphatic carbocycles. The number of nitrogens with one attached hydrogen (secondary N) is 1. The van der Waals surface area contributed by atoms with Gasteiger partial charge in [0.25, 0.3) is 0 Å². The van der Waals surface area contributed by atoms with E-state index in [1.54, 1.807) is 0 Å². The molecule has 0 radical (unpaired) electrons. The van der Waals surface area contributed by atoms with Crippen LogP contribution in [0.15, 0.2) is 11.4 Å². The van der Waals surface area contributed by atoms with Crippen LogP contribution in [0.1, 0.15) is 0 Å². The largest absolute Gasteiger partial charge is 0.394 e. The number of aromatic nitrogens is 4. The number of H-pyrrole nitrogens is 1. The van der Waals surface area contributed by atoms with Crippen molar-refractivity contribution in [2.24, 2.45) is 0 Å². The van der Waals surface area contributed by atoms with Gasteiger partial charge in [-0.3, -0.25) is 0 Å². The van der Waals surface area contributed by atoms with Crippen molar-refractivity contribution in [1.82, 2.24) is 19.9 Å². The Labute approximate surface area is 100 Å². The molecule has 2 heterocycles. The minimum Gasteiger partial charge on any atom is -0.394 e. The number of hydrogen-bond acceptors (Lipinski definition) is 6. The molecule has 0 fully saturated rings. The Hall–Kier alpha value is -0.890. The Morgan fingerprint density at radius 1 is 1.50 bits per heavy atom. The lowest BCUT2D eigenvalue weighted by atomic mass is 10.4. The number of thioether (sulfide) groups is 1. The van der Waals surface area contributed by atoms with Gasteiger partial charge in [-0.1, -0.05) is 0 Å². The predicted molar refractivity (Wildman–Crippen MR) is 60.5 cm³/mol. The molecule has 1 atom stereocenters. The molecular formula is C8H9ClN4O2S. The van der Waals surface area contributed by atoms with E-state index < -0.39 is 6.10 Å². The van der Waals surface area contributed by atoms with Crippen molar-refractivity contribution in [3.8, 4) is 0 Å². The van der Waals surface area contributed by atoms with E-state index in [4.69, 9.17) is 16.7 Å². The van der Waals surface area contributed by atoms with Gasteiger partial charge in [-0.05, 0) is 11.6 Å². The first kappa shape index (κ1) is 11.6. The molecule has 2 rings (SSSR count). The molecule has 1 unspecified atom stereocenters. The second-order valence-electron chi connectivity index (χ2n) is 3.05. The van der Waals surface area contributed by atoms with Gasteiger partial charge in [0, 0.05) is 5.75 Å². The van der Waals surface area contributed by atoms with Crippen molar-refractivity contribution in [3.05, 3.63) is 11.6 Å². The van der Waals surface area contributed by atoms with E-state index in [9.17, 15) is 5.11 Å². The summed E-state index contributed by atoms with van der Waals surface area (Å²) < 4.78 is 0. The zero-order chi connectivity index (χ0) is 11.5. The van der Waals surface area contributed by atoms with Gasteiger partial charge in [0.2, 0.25) is 5.28 Å². The predicted octanol–water partition coefficient (Wildman–Crippen LogP) is 0.452. The van der Waals surface area contributed by atoms with Gasteiger partial charge in [-0.2, -0.15) is 4.98 Å². The lowest BCUT2D eigenvalue weighted by molar-refractivity contribution is 0.113. The summed E-state index contributed by atoms with van der Waals surface area (Å²) in [7, 11) is 0. The smallest absolute Gasteiger partial charge is 0.225 e. The van der Waals surface area contributed by atoms with E-state index in [0.29, 0.717) is 21.9 Å². The van der Waals surface area contributed by atoms with Gasteiger partial charge < -0.3 is 15.2 Å². The van der Waals surface area contributed by atoms with Gasteiger partial charge in [0.05, 0.1) is 19.0 Å². The Bertz CT molecular complexity index is 492. The van der Waals surface area contributed by atoms with Gasteiger partial charge in [-0.15, -0.1) is 11.8 Å². The molecule has 2 aromatic heterocycles. The second kappa shape index (κ2) is 4.96. The third-order valence-corrected chi connectivity index (χ3v) is 3.14. The average Bonchev–Trinajstić information content (AvgIpc) is 2.73. The van der Waals surface area contributed by atoms with Crippen molar-refractivity contribution in [2.45, 2.75) is 11.1 Å². The van der Waals surface area contributed by atoms with Crippen LogP contribution in [0.2, 0.25) is 5.28 Å². The summed E-state index contributed by atoms with van der Waals surface area (Å²) in [5.41, 5.74) is 1.17. The summed E-state index contributed by atoms with van der Waals surface area (Å²) in [4.78, 5) is 14.8. The Morgan fingerprint density at radius 3 is 3.06 bits per heavy atom. The van der Waals surface area contributed by atoms with Crippen LogP contribution in [0.4, 0.5) is 0 Å². The van der Waals surface area contributed by atoms with Gasteiger partial charge in [-0.25, -0.2) is 9.97 Å². The maximum absolute atomic E-state index is 9.24. The highest BCUT2D eigenvalue weighted by atomic mass is 35.5. The monoisotopic (exact) mass is 260 g/mol. The fraction of sp³-hybridized carbons (Fsp3) is 0.375. The van der Waals surface area contributed by atoms with Crippen LogP contribution in [0.3, 0.4) is 0 Å². The highest BCUT2D eigenvalue weighted by Crippen LogP contribution is 2.24.